The van der Waals surface area contributed by atoms with Gasteiger partial charge in [-0.25, -0.2) is 4.98 Å². The van der Waals surface area contributed by atoms with Crippen molar-refractivity contribution in [3.63, 3.8) is 0 Å². The number of nitrogen functional groups attached to an aromatic ring is 1. The lowest BCUT2D eigenvalue weighted by Gasteiger charge is -2.39. The first kappa shape index (κ1) is 12.6. The van der Waals surface area contributed by atoms with Gasteiger partial charge in [0.1, 0.15) is 5.82 Å². The number of nitrogens with zero attached hydrogens (tertiary/aromatic N) is 3. The number of anilines is 2. The van der Waals surface area contributed by atoms with Crippen molar-refractivity contribution in [3.8, 4) is 0 Å². The molecule has 4 N–H and O–H groups in total. The molecule has 0 spiro atoms. The molecule has 18 heavy (non-hydrogen) atoms. The quantitative estimate of drug-likeness (QED) is 0.764. The third-order valence-corrected chi connectivity index (χ3v) is 3.31. The van der Waals surface area contributed by atoms with Crippen molar-refractivity contribution in [2.45, 2.75) is 13.0 Å². The van der Waals surface area contributed by atoms with Gasteiger partial charge in [0.2, 0.25) is 0 Å². The van der Waals surface area contributed by atoms with Crippen molar-refractivity contribution in [1.29, 1.82) is 0 Å². The zero-order chi connectivity index (χ0) is 13.3. The maximum Gasteiger partial charge on any atom is 0.250 e. The molecular weight excluding hydrogens is 230 g/mol. The van der Waals surface area contributed by atoms with Crippen LogP contribution in [0.1, 0.15) is 17.3 Å². The maximum absolute atomic E-state index is 11.3. The summed E-state index contributed by atoms with van der Waals surface area (Å²) < 4.78 is 0. The fraction of sp³-hybridized carbons (Fsp3) is 0.500. The number of carbonyl (C=O) groups excluding carboxylic acids is 1. The van der Waals surface area contributed by atoms with Gasteiger partial charge in [-0.15, -0.1) is 0 Å². The SMILES string of the molecule is CC1CN(C)CCN1c1cc(C(N)=O)c(N)cn1. The van der Waals surface area contributed by atoms with E-state index in [1.54, 1.807) is 6.07 Å². The van der Waals surface area contributed by atoms with Crippen LogP contribution in [-0.4, -0.2) is 48.5 Å². The zero-order valence-electron chi connectivity index (χ0n) is 10.8. The van der Waals surface area contributed by atoms with Crippen LogP contribution in [0.25, 0.3) is 0 Å². The van der Waals surface area contributed by atoms with Gasteiger partial charge in [0.15, 0.2) is 0 Å². The van der Waals surface area contributed by atoms with Gasteiger partial charge in [0.25, 0.3) is 5.91 Å². The summed E-state index contributed by atoms with van der Waals surface area (Å²) in [6.45, 7) is 4.96. The third-order valence-electron chi connectivity index (χ3n) is 3.31. The predicted molar refractivity (Wildman–Crippen MR) is 71.5 cm³/mol. The summed E-state index contributed by atoms with van der Waals surface area (Å²) in [7, 11) is 2.10. The van der Waals surface area contributed by atoms with E-state index in [0.717, 1.165) is 25.5 Å². The summed E-state index contributed by atoms with van der Waals surface area (Å²) in [5.41, 5.74) is 11.6. The number of amides is 1. The first-order valence-corrected chi connectivity index (χ1v) is 5.99. The first-order chi connectivity index (χ1) is 8.49. The normalized spacial score (nSPS) is 21.0. The van der Waals surface area contributed by atoms with E-state index >= 15 is 0 Å². The number of aromatic nitrogens is 1. The highest BCUT2D eigenvalue weighted by atomic mass is 16.1. The van der Waals surface area contributed by atoms with Gasteiger partial charge in [0, 0.05) is 25.7 Å². The molecular formula is C12H19N5O. The van der Waals surface area contributed by atoms with E-state index in [0.29, 0.717) is 17.3 Å². The molecule has 0 bridgehead atoms. The minimum atomic E-state index is -0.516. The number of hydrogen-bond donors (Lipinski definition) is 2. The Kier molecular flexibility index (Phi) is 3.38. The molecule has 1 unspecified atom stereocenters. The second kappa shape index (κ2) is 4.81. The average molecular weight is 249 g/mol. The number of primary amides is 1. The van der Waals surface area contributed by atoms with Gasteiger partial charge in [-0.1, -0.05) is 0 Å². The monoisotopic (exact) mass is 249 g/mol. The van der Waals surface area contributed by atoms with Crippen molar-refractivity contribution >= 4 is 17.4 Å². The molecule has 1 atom stereocenters. The van der Waals surface area contributed by atoms with Crippen LogP contribution < -0.4 is 16.4 Å². The predicted octanol–water partition coefficient (Wildman–Crippen LogP) is -0.0970. The highest BCUT2D eigenvalue weighted by Gasteiger charge is 2.23. The zero-order valence-corrected chi connectivity index (χ0v) is 10.8. The molecule has 2 heterocycles. The highest BCUT2D eigenvalue weighted by molar-refractivity contribution is 5.98. The van der Waals surface area contributed by atoms with Crippen LogP contribution in [0, 0.1) is 0 Å². The Morgan fingerprint density at radius 3 is 2.83 bits per heavy atom. The van der Waals surface area contributed by atoms with E-state index in [-0.39, 0.29) is 0 Å². The van der Waals surface area contributed by atoms with Crippen LogP contribution in [0.3, 0.4) is 0 Å². The van der Waals surface area contributed by atoms with Gasteiger partial charge in [-0.3, -0.25) is 4.79 Å². The van der Waals surface area contributed by atoms with Gasteiger partial charge >= 0.3 is 0 Å². The molecule has 6 heteroatoms. The molecule has 1 fully saturated rings. The number of rotatable bonds is 2. The largest absolute Gasteiger partial charge is 0.397 e. The molecule has 0 aromatic carbocycles. The Morgan fingerprint density at radius 1 is 1.50 bits per heavy atom. The second-order valence-corrected chi connectivity index (χ2v) is 4.80. The van der Waals surface area contributed by atoms with Gasteiger partial charge in [0.05, 0.1) is 17.4 Å². The van der Waals surface area contributed by atoms with Gasteiger partial charge in [-0.2, -0.15) is 0 Å². The van der Waals surface area contributed by atoms with Crippen molar-refractivity contribution < 1.29 is 4.79 Å². The van der Waals surface area contributed by atoms with Crippen LogP contribution in [0.15, 0.2) is 12.3 Å². The van der Waals surface area contributed by atoms with E-state index in [9.17, 15) is 4.79 Å². The van der Waals surface area contributed by atoms with Crippen molar-refractivity contribution in [1.82, 2.24) is 9.88 Å². The highest BCUT2D eigenvalue weighted by Crippen LogP contribution is 2.21. The van der Waals surface area contributed by atoms with E-state index in [2.05, 4.69) is 28.8 Å². The Morgan fingerprint density at radius 2 is 2.22 bits per heavy atom. The number of hydrogen-bond acceptors (Lipinski definition) is 5. The second-order valence-electron chi connectivity index (χ2n) is 4.80. The van der Waals surface area contributed by atoms with Crippen molar-refractivity contribution in [2.75, 3.05) is 37.3 Å². The molecule has 1 aromatic heterocycles. The molecule has 1 aliphatic rings. The summed E-state index contributed by atoms with van der Waals surface area (Å²) >= 11 is 0. The fourth-order valence-corrected chi connectivity index (χ4v) is 2.31. The van der Waals surface area contributed by atoms with Crippen LogP contribution >= 0.6 is 0 Å². The van der Waals surface area contributed by atoms with E-state index in [1.807, 2.05) is 0 Å². The molecule has 98 valence electrons. The lowest BCUT2D eigenvalue weighted by Crippen LogP contribution is -2.50. The standard InChI is InChI=1S/C12H19N5O/c1-8-7-16(2)3-4-17(8)11-5-9(12(14)18)10(13)6-15-11/h5-6,8H,3-4,7,13H2,1-2H3,(H2,14,18). The van der Waals surface area contributed by atoms with E-state index in [4.69, 9.17) is 11.5 Å². The number of likely N-dealkylation sites (N-methyl/N-ethyl adjacent to an activating group) is 1. The minimum Gasteiger partial charge on any atom is -0.397 e. The van der Waals surface area contributed by atoms with E-state index in [1.165, 1.54) is 6.20 Å². The molecule has 1 aromatic rings. The smallest absolute Gasteiger partial charge is 0.250 e. The van der Waals surface area contributed by atoms with Crippen LogP contribution in [0.5, 0.6) is 0 Å². The molecule has 1 amide bonds. The number of carbonyl (C=O) groups is 1. The lowest BCUT2D eigenvalue weighted by atomic mass is 10.1. The van der Waals surface area contributed by atoms with Gasteiger partial charge < -0.3 is 21.3 Å². The lowest BCUT2D eigenvalue weighted by molar-refractivity contribution is 0.100. The van der Waals surface area contributed by atoms with Crippen molar-refractivity contribution in [3.05, 3.63) is 17.8 Å². The average Bonchev–Trinajstić information content (AvgIpc) is 2.30. The fourth-order valence-electron chi connectivity index (χ4n) is 2.31. The molecule has 0 aliphatic carbocycles. The topological polar surface area (TPSA) is 88.5 Å². The Balaban J connectivity index is 2.28. The molecule has 1 aliphatic heterocycles. The van der Waals surface area contributed by atoms with Crippen LogP contribution in [0.4, 0.5) is 11.5 Å². The Bertz CT molecular complexity index is 462. The summed E-state index contributed by atoms with van der Waals surface area (Å²) in [6, 6.07) is 2.03. The molecule has 1 saturated heterocycles. The molecule has 6 nitrogen and oxygen atoms in total. The van der Waals surface area contributed by atoms with Gasteiger partial charge in [-0.05, 0) is 20.0 Å². The maximum atomic E-state index is 11.3. The Hall–Kier alpha value is -1.82. The molecule has 0 saturated carbocycles. The van der Waals surface area contributed by atoms with Crippen LogP contribution in [-0.2, 0) is 0 Å². The summed E-state index contributed by atoms with van der Waals surface area (Å²) in [6.07, 6.45) is 1.50. The minimum absolute atomic E-state index is 0.327. The summed E-state index contributed by atoms with van der Waals surface area (Å²) in [4.78, 5) is 20.0. The third kappa shape index (κ3) is 2.38. The van der Waals surface area contributed by atoms with E-state index < -0.39 is 5.91 Å². The molecule has 2 rings (SSSR count). The summed E-state index contributed by atoms with van der Waals surface area (Å²) in [5, 5.41) is 0. The number of piperazine rings is 1. The first-order valence-electron chi connectivity index (χ1n) is 5.99. The molecule has 0 radical (unpaired) electrons. The van der Waals surface area contributed by atoms with Crippen LogP contribution in [0.2, 0.25) is 0 Å². The number of nitrogens with two attached hydrogens (primary N) is 2. The summed E-state index contributed by atoms with van der Waals surface area (Å²) in [5.74, 6) is 0.247. The number of pyridine rings is 1. The van der Waals surface area contributed by atoms with Crippen molar-refractivity contribution in [2.24, 2.45) is 5.73 Å². The Labute approximate surface area is 107 Å².